The van der Waals surface area contributed by atoms with Gasteiger partial charge in [-0.05, 0) is 73.1 Å². The predicted octanol–water partition coefficient (Wildman–Crippen LogP) is 4.53. The van der Waals surface area contributed by atoms with Crippen molar-refractivity contribution in [1.82, 2.24) is 10.2 Å². The molecule has 3 aliphatic rings. The van der Waals surface area contributed by atoms with E-state index in [0.717, 1.165) is 18.4 Å². The summed E-state index contributed by atoms with van der Waals surface area (Å²) in [5.74, 6) is 0.698. The maximum atomic E-state index is 15.3. The van der Waals surface area contributed by atoms with Crippen molar-refractivity contribution in [1.29, 1.82) is 0 Å². The van der Waals surface area contributed by atoms with Crippen molar-refractivity contribution in [2.45, 2.75) is 84.8 Å². The van der Waals surface area contributed by atoms with Crippen molar-refractivity contribution in [2.75, 3.05) is 26.3 Å². The van der Waals surface area contributed by atoms with Crippen LogP contribution in [0, 0.1) is 17.3 Å². The Morgan fingerprint density at radius 1 is 1.28 bits per heavy atom. The van der Waals surface area contributed by atoms with Gasteiger partial charge in [-0.1, -0.05) is 11.6 Å². The summed E-state index contributed by atoms with van der Waals surface area (Å²) in [5.41, 5.74) is -0.136. The van der Waals surface area contributed by atoms with E-state index in [0.29, 0.717) is 57.1 Å². The van der Waals surface area contributed by atoms with Crippen LogP contribution in [0.3, 0.4) is 0 Å². The molecule has 8 heteroatoms. The van der Waals surface area contributed by atoms with Crippen LogP contribution in [0.1, 0.15) is 73.1 Å². The topological polar surface area (TPSA) is 91.7 Å². The summed E-state index contributed by atoms with van der Waals surface area (Å²) < 4.78 is 25.5. The molecule has 7 nitrogen and oxygen atoms in total. The van der Waals surface area contributed by atoms with Crippen molar-refractivity contribution in [2.24, 2.45) is 17.3 Å². The first-order valence-electron chi connectivity index (χ1n) is 13.3. The molecule has 1 saturated heterocycles. The number of carbonyl (C=O) groups excluding carboxylic acids is 2. The lowest BCUT2D eigenvalue weighted by Crippen LogP contribution is -2.42. The van der Waals surface area contributed by atoms with Crippen LogP contribution in [0.2, 0.25) is 0 Å². The number of carbonyl (C=O) groups is 2. The molecule has 1 aliphatic heterocycles. The van der Waals surface area contributed by atoms with Crippen LogP contribution in [0.4, 0.5) is 9.18 Å². The lowest BCUT2D eigenvalue weighted by atomic mass is 9.70. The highest BCUT2D eigenvalue weighted by Gasteiger charge is 2.39. The smallest absolute Gasteiger partial charge is 0.410 e. The maximum absolute atomic E-state index is 15.3. The average Bonchev–Trinajstić information content (AvgIpc) is 2.84. The van der Waals surface area contributed by atoms with Gasteiger partial charge >= 0.3 is 6.09 Å². The summed E-state index contributed by atoms with van der Waals surface area (Å²) in [6.07, 6.45) is 9.56. The number of piperidine rings is 1. The second-order valence-electron chi connectivity index (χ2n) is 11.7. The second kappa shape index (κ2) is 11.8. The highest BCUT2D eigenvalue weighted by molar-refractivity contribution is 5.79. The molecule has 0 aromatic rings. The van der Waals surface area contributed by atoms with Gasteiger partial charge in [0, 0.05) is 42.5 Å². The van der Waals surface area contributed by atoms with E-state index in [-0.39, 0.29) is 36.4 Å². The van der Waals surface area contributed by atoms with Gasteiger partial charge in [0.1, 0.15) is 11.4 Å². The number of halogens is 1. The minimum atomic E-state index is -0.683. The van der Waals surface area contributed by atoms with E-state index in [1.807, 2.05) is 39.8 Å². The number of nitrogens with zero attached hydrogens (tertiary/aromatic N) is 1. The number of nitrogens with one attached hydrogen (secondary N) is 1. The molecule has 0 aromatic heterocycles. The van der Waals surface area contributed by atoms with Crippen LogP contribution < -0.4 is 5.32 Å². The first-order chi connectivity index (χ1) is 16.9. The zero-order valence-corrected chi connectivity index (χ0v) is 22.5. The number of aliphatic hydroxyl groups excluding tert-OH is 1. The molecular weight excluding hydrogens is 463 g/mol. The first kappa shape index (κ1) is 28.2. The Kier molecular flexibility index (Phi) is 9.25. The minimum Gasteiger partial charge on any atom is -0.583 e. The quantitative estimate of drug-likeness (QED) is 0.391. The van der Waals surface area contributed by atoms with E-state index < -0.39 is 11.0 Å². The fourth-order valence-corrected chi connectivity index (χ4v) is 4.99. The van der Waals surface area contributed by atoms with Crippen LogP contribution in [-0.4, -0.2) is 64.7 Å². The molecule has 36 heavy (non-hydrogen) atoms. The number of ether oxygens (including phenoxy) is 2. The molecule has 0 spiro atoms. The van der Waals surface area contributed by atoms with Gasteiger partial charge in [-0.15, -0.1) is 0 Å². The van der Waals surface area contributed by atoms with Crippen LogP contribution in [0.5, 0.6) is 0 Å². The standard InChI is InChI=1S/C28H43FN2O5/c1-19(17-32)30-25(33)21-6-8-22(9-7-21)28(5)13-10-23(16-24(28)29)35-18-20-11-14-31(15-12-20)26(34)36-27(2,3)4/h8,10,16,19-21,32H,6-7,9,11-15,17-18H2,1-5H3,(H,30,33)/p+1/t19-,21?,28?/m0/s1. The van der Waals surface area contributed by atoms with Crippen LogP contribution in [0.25, 0.3) is 0 Å². The largest absolute Gasteiger partial charge is 0.583 e. The second-order valence-corrected chi connectivity index (χ2v) is 11.7. The monoisotopic (exact) mass is 507 g/mol. The fraction of sp³-hybridized carbons (Fsp3) is 0.714. The number of likely N-dealkylation sites (tertiary alicyclic amines) is 1. The molecule has 2 aliphatic carbocycles. The van der Waals surface area contributed by atoms with Gasteiger partial charge in [0.15, 0.2) is 6.61 Å². The zero-order chi connectivity index (χ0) is 26.5. The lowest BCUT2D eigenvalue weighted by Gasteiger charge is -2.35. The number of rotatable bonds is 7. The summed E-state index contributed by atoms with van der Waals surface area (Å²) in [5, 5.41) is 12.0. The van der Waals surface area contributed by atoms with Crippen molar-refractivity contribution >= 4 is 12.0 Å². The van der Waals surface area contributed by atoms with Crippen LogP contribution in [-0.2, 0) is 9.53 Å². The molecule has 2 amide bonds. The Bertz CT molecular complexity index is 898. The highest BCUT2D eigenvalue weighted by Crippen LogP contribution is 2.47. The van der Waals surface area contributed by atoms with Gasteiger partial charge in [-0.2, -0.15) is 0 Å². The molecule has 1 heterocycles. The molecule has 0 saturated carbocycles. The maximum Gasteiger partial charge on any atom is 0.410 e. The Morgan fingerprint density at radius 3 is 2.53 bits per heavy atom. The fourth-order valence-electron chi connectivity index (χ4n) is 4.99. The summed E-state index contributed by atoms with van der Waals surface area (Å²) >= 11 is 0. The molecule has 1 fully saturated rings. The number of aliphatic hydroxyl groups is 3. The molecule has 202 valence electrons. The first-order valence-corrected chi connectivity index (χ1v) is 13.3. The molecule has 3 rings (SSSR count). The lowest BCUT2D eigenvalue weighted by molar-refractivity contribution is -0.126. The van der Waals surface area contributed by atoms with Gasteiger partial charge < -0.3 is 24.8 Å². The van der Waals surface area contributed by atoms with Gasteiger partial charge in [0.25, 0.3) is 5.76 Å². The highest BCUT2D eigenvalue weighted by atomic mass is 19.1. The van der Waals surface area contributed by atoms with Gasteiger partial charge in [0.2, 0.25) is 5.91 Å². The van der Waals surface area contributed by atoms with Gasteiger partial charge in [0.05, 0.1) is 12.7 Å². The molecule has 2 unspecified atom stereocenters. The summed E-state index contributed by atoms with van der Waals surface area (Å²) in [6.45, 7) is 11.2. The Morgan fingerprint density at radius 2 is 1.97 bits per heavy atom. The molecule has 3 atom stereocenters. The summed E-state index contributed by atoms with van der Waals surface area (Å²) in [6, 6.07) is -0.260. The van der Waals surface area contributed by atoms with Crippen molar-refractivity contribution in [3.05, 3.63) is 35.4 Å². The normalized spacial score (nSPS) is 26.4. The van der Waals surface area contributed by atoms with Crippen LogP contribution in [0.15, 0.2) is 35.4 Å². The van der Waals surface area contributed by atoms with E-state index >= 15 is 4.39 Å². The number of amides is 2. The Labute approximate surface area is 214 Å². The van der Waals surface area contributed by atoms with E-state index in [1.54, 1.807) is 17.9 Å². The third-order valence-corrected chi connectivity index (χ3v) is 7.47. The third kappa shape index (κ3) is 7.34. The van der Waals surface area contributed by atoms with Gasteiger partial charge in [-0.25, -0.2) is 9.18 Å². The molecular formula is C28H44FN2O5+. The van der Waals surface area contributed by atoms with Crippen molar-refractivity contribution < 1.29 is 28.6 Å². The van der Waals surface area contributed by atoms with Crippen molar-refractivity contribution in [3.63, 3.8) is 0 Å². The van der Waals surface area contributed by atoms with E-state index in [2.05, 4.69) is 10.1 Å². The third-order valence-electron chi connectivity index (χ3n) is 7.47. The van der Waals surface area contributed by atoms with Crippen molar-refractivity contribution in [3.8, 4) is 0 Å². The van der Waals surface area contributed by atoms with E-state index in [9.17, 15) is 9.59 Å². The van der Waals surface area contributed by atoms with E-state index in [4.69, 9.17) is 9.84 Å². The molecule has 0 bridgehead atoms. The zero-order valence-electron chi connectivity index (χ0n) is 22.5. The number of hydrogen-bond acceptors (Lipinski definition) is 4. The number of hydrogen-bond donors (Lipinski definition) is 2. The summed E-state index contributed by atoms with van der Waals surface area (Å²) in [7, 11) is 0. The Balaban J connectivity index is 1.47. The van der Waals surface area contributed by atoms with E-state index in [1.165, 1.54) is 0 Å². The van der Waals surface area contributed by atoms with Gasteiger partial charge in [-0.3, -0.25) is 4.79 Å². The summed E-state index contributed by atoms with van der Waals surface area (Å²) in [4.78, 5) is 26.4. The molecule has 0 radical (unpaired) electrons. The molecule has 0 aromatic carbocycles. The SMILES string of the molecule is C[C@@H](CO)NC(=O)C1CC=C(C2(C)CC=C([OH+]CC3CCN(C(=O)OC(C)(C)C)CC3)C=C2F)CC1. The van der Waals surface area contributed by atoms with Crippen LogP contribution >= 0.6 is 0 Å². The Hall–Kier alpha value is -2.35. The predicted molar refractivity (Wildman–Crippen MR) is 138 cm³/mol. The average molecular weight is 508 g/mol. The molecule has 3 N–H and O–H groups in total. The number of allylic oxidation sites excluding steroid dienone is 5. The minimum absolute atomic E-state index is 0.0467.